The number of carbonyl (C=O) groups excluding carboxylic acids is 2. The lowest BCUT2D eigenvalue weighted by molar-refractivity contribution is 0.0804. The van der Waals surface area contributed by atoms with E-state index in [0.717, 1.165) is 55.2 Å². The molecule has 2 fully saturated rings. The Morgan fingerprint density at radius 1 is 0.977 bits per heavy atom. The van der Waals surface area contributed by atoms with Gasteiger partial charge in [0.05, 0.1) is 21.1 Å². The first-order valence-electron chi connectivity index (χ1n) is 15.4. The third-order valence-corrected chi connectivity index (χ3v) is 10.0. The number of ketones is 1. The number of amides is 1. The van der Waals surface area contributed by atoms with E-state index in [0.29, 0.717) is 52.3 Å². The number of Topliss-reactive ketones (excluding diaryl/α,β-unsaturated/α-hetero) is 1. The van der Waals surface area contributed by atoms with Crippen LogP contribution in [0.25, 0.3) is 10.9 Å². The molecule has 4 heterocycles. The number of nitrogens with one attached hydrogen (secondary N) is 1. The van der Waals surface area contributed by atoms with Crippen LogP contribution in [0.2, 0.25) is 10.0 Å². The molecule has 3 atom stereocenters. The van der Waals surface area contributed by atoms with Gasteiger partial charge in [-0.05, 0) is 79.8 Å². The van der Waals surface area contributed by atoms with Crippen LogP contribution in [-0.4, -0.2) is 44.8 Å². The largest absolute Gasteiger partial charge is 0.348 e. The molecule has 0 saturated carbocycles. The number of benzene rings is 2. The van der Waals surface area contributed by atoms with Crippen molar-refractivity contribution in [2.75, 3.05) is 6.54 Å². The van der Waals surface area contributed by atoms with E-state index >= 15 is 0 Å². The summed E-state index contributed by atoms with van der Waals surface area (Å²) < 4.78 is 2.28. The third kappa shape index (κ3) is 6.52. The first kappa shape index (κ1) is 29.9. The van der Waals surface area contributed by atoms with Crippen LogP contribution in [0.5, 0.6) is 0 Å². The van der Waals surface area contributed by atoms with Crippen molar-refractivity contribution < 1.29 is 9.59 Å². The van der Waals surface area contributed by atoms with Crippen molar-refractivity contribution >= 4 is 45.8 Å². The Hall–Kier alpha value is -3.19. The molecule has 224 valence electrons. The summed E-state index contributed by atoms with van der Waals surface area (Å²) in [4.78, 5) is 33.1. The molecule has 2 aromatic heterocycles. The number of hydrogen-bond donors (Lipinski definition) is 1. The minimum atomic E-state index is -0.0940. The van der Waals surface area contributed by atoms with Gasteiger partial charge in [-0.2, -0.15) is 0 Å². The van der Waals surface area contributed by atoms with Gasteiger partial charge in [0, 0.05) is 55.9 Å². The van der Waals surface area contributed by atoms with Crippen molar-refractivity contribution in [2.45, 2.75) is 77.0 Å². The van der Waals surface area contributed by atoms with Gasteiger partial charge in [0.1, 0.15) is 5.69 Å². The number of aromatic nitrogens is 2. The van der Waals surface area contributed by atoms with Crippen molar-refractivity contribution in [3.63, 3.8) is 0 Å². The Labute approximate surface area is 263 Å². The van der Waals surface area contributed by atoms with Crippen LogP contribution in [0.15, 0.2) is 67.0 Å². The molecule has 2 aliphatic heterocycles. The number of hydrogen-bond acceptors (Lipinski definition) is 4. The third-order valence-electron chi connectivity index (χ3n) is 9.27. The molecule has 1 amide bonds. The lowest BCUT2D eigenvalue weighted by Crippen LogP contribution is -2.43. The summed E-state index contributed by atoms with van der Waals surface area (Å²) in [5.41, 5.74) is 4.59. The minimum Gasteiger partial charge on any atom is -0.348 e. The van der Waals surface area contributed by atoms with Gasteiger partial charge in [-0.1, -0.05) is 60.5 Å². The molecule has 0 radical (unpaired) electrons. The lowest BCUT2D eigenvalue weighted by atomic mass is 9.86. The van der Waals surface area contributed by atoms with Gasteiger partial charge in [0.2, 0.25) is 0 Å². The van der Waals surface area contributed by atoms with Crippen molar-refractivity contribution in [2.24, 2.45) is 5.92 Å². The SMILES string of the molecule is CCc1cccc2c(C(=O)NCc3ccc(Cl)c(Cl)c3)cn(CCCN3[C@@H]4CC[C@H]3C[C@@H](CC(=O)c3ccccn3)C4)c12. The summed E-state index contributed by atoms with van der Waals surface area (Å²) in [6.45, 7) is 4.42. The van der Waals surface area contributed by atoms with Crippen molar-refractivity contribution in [1.82, 2.24) is 19.8 Å². The monoisotopic (exact) mass is 616 g/mol. The molecule has 0 unspecified atom stereocenters. The number of para-hydroxylation sites is 1. The van der Waals surface area contributed by atoms with Gasteiger partial charge in [-0.25, -0.2) is 0 Å². The Morgan fingerprint density at radius 2 is 1.79 bits per heavy atom. The van der Waals surface area contributed by atoms with E-state index in [9.17, 15) is 9.59 Å². The second-order valence-electron chi connectivity index (χ2n) is 12.0. The van der Waals surface area contributed by atoms with Crippen LogP contribution in [0.3, 0.4) is 0 Å². The Balaban J connectivity index is 1.10. The molecule has 2 aromatic carbocycles. The van der Waals surface area contributed by atoms with Gasteiger partial charge in [0.15, 0.2) is 5.78 Å². The fourth-order valence-electron chi connectivity index (χ4n) is 7.24. The fraction of sp³-hybridized carbons (Fsp3) is 0.400. The van der Waals surface area contributed by atoms with Gasteiger partial charge >= 0.3 is 0 Å². The Kier molecular flexibility index (Phi) is 9.17. The summed E-state index contributed by atoms with van der Waals surface area (Å²) in [5, 5.41) is 5.04. The number of fused-ring (bicyclic) bond motifs is 3. The number of carbonyl (C=O) groups is 2. The second kappa shape index (κ2) is 13.2. The molecule has 6 nitrogen and oxygen atoms in total. The van der Waals surface area contributed by atoms with Crippen molar-refractivity contribution in [1.29, 1.82) is 0 Å². The first-order chi connectivity index (χ1) is 20.9. The van der Waals surface area contributed by atoms with E-state index in [1.165, 1.54) is 18.4 Å². The zero-order valence-corrected chi connectivity index (χ0v) is 26.1. The highest BCUT2D eigenvalue weighted by molar-refractivity contribution is 6.42. The molecular weight excluding hydrogens is 579 g/mol. The average Bonchev–Trinajstić information content (AvgIpc) is 3.51. The van der Waals surface area contributed by atoms with E-state index in [-0.39, 0.29) is 11.7 Å². The standard InChI is InChI=1S/C35H38Cl2N4O2/c1-2-25-7-5-8-28-29(35(43)39-21-23-10-13-30(36)31(37)19-23)22-40(34(25)28)15-6-16-41-26-11-12-27(41)18-24(17-26)20-33(42)32-9-3-4-14-38-32/h3-5,7-10,13-14,19,22,24,26-27H,2,6,11-12,15-18,20-21H2,1H3,(H,39,43)/t24-,26+,27-. The molecule has 0 aliphatic carbocycles. The molecule has 2 saturated heterocycles. The fourth-order valence-corrected chi connectivity index (χ4v) is 7.56. The van der Waals surface area contributed by atoms with E-state index in [2.05, 4.69) is 38.8 Å². The number of halogens is 2. The number of pyridine rings is 1. The topological polar surface area (TPSA) is 67.2 Å². The molecular formula is C35H38Cl2N4O2. The van der Waals surface area contributed by atoms with Gasteiger partial charge < -0.3 is 9.88 Å². The summed E-state index contributed by atoms with van der Waals surface area (Å²) >= 11 is 12.2. The molecule has 1 N–H and O–H groups in total. The Bertz CT molecular complexity index is 1610. The number of nitrogens with zero attached hydrogens (tertiary/aromatic N) is 3. The zero-order valence-electron chi connectivity index (χ0n) is 24.6. The van der Waals surface area contributed by atoms with E-state index in [1.54, 1.807) is 18.3 Å². The van der Waals surface area contributed by atoms with Crippen LogP contribution in [0, 0.1) is 5.92 Å². The molecule has 6 rings (SSSR count). The maximum atomic E-state index is 13.4. The zero-order chi connectivity index (χ0) is 29.9. The normalized spacial score (nSPS) is 20.0. The lowest BCUT2D eigenvalue weighted by Gasteiger charge is -2.39. The minimum absolute atomic E-state index is 0.0940. The summed E-state index contributed by atoms with van der Waals surface area (Å²) in [5.74, 6) is 0.513. The summed E-state index contributed by atoms with van der Waals surface area (Å²) in [7, 11) is 0. The highest BCUT2D eigenvalue weighted by Gasteiger charge is 2.40. The average molecular weight is 618 g/mol. The van der Waals surface area contributed by atoms with Crippen molar-refractivity contribution in [3.05, 3.63) is 99.4 Å². The van der Waals surface area contributed by atoms with Gasteiger partial charge in [-0.3, -0.25) is 19.5 Å². The molecule has 8 heteroatoms. The number of rotatable bonds is 11. The van der Waals surface area contributed by atoms with Crippen molar-refractivity contribution in [3.8, 4) is 0 Å². The molecule has 43 heavy (non-hydrogen) atoms. The second-order valence-corrected chi connectivity index (χ2v) is 12.8. The maximum Gasteiger partial charge on any atom is 0.253 e. The smallest absolute Gasteiger partial charge is 0.253 e. The van der Waals surface area contributed by atoms with E-state index in [4.69, 9.17) is 23.2 Å². The number of aryl methyl sites for hydroxylation is 2. The van der Waals surface area contributed by atoms with E-state index in [1.807, 2.05) is 36.5 Å². The van der Waals surface area contributed by atoms with Crippen LogP contribution in [0.4, 0.5) is 0 Å². The van der Waals surface area contributed by atoms with Crippen LogP contribution in [-0.2, 0) is 19.5 Å². The van der Waals surface area contributed by atoms with Gasteiger partial charge in [-0.15, -0.1) is 0 Å². The molecule has 0 spiro atoms. The summed E-state index contributed by atoms with van der Waals surface area (Å²) in [6.07, 6.45) is 10.8. The molecule has 4 aromatic rings. The first-order valence-corrected chi connectivity index (χ1v) is 16.2. The maximum absolute atomic E-state index is 13.4. The number of piperidine rings is 1. The van der Waals surface area contributed by atoms with Crippen LogP contribution < -0.4 is 5.32 Å². The van der Waals surface area contributed by atoms with Crippen LogP contribution in [0.1, 0.15) is 77.4 Å². The molecule has 2 aliphatic rings. The highest BCUT2D eigenvalue weighted by atomic mass is 35.5. The summed E-state index contributed by atoms with van der Waals surface area (Å²) in [6, 6.07) is 18.3. The highest BCUT2D eigenvalue weighted by Crippen LogP contribution is 2.40. The predicted octanol–water partition coefficient (Wildman–Crippen LogP) is 7.74. The van der Waals surface area contributed by atoms with Crippen LogP contribution >= 0.6 is 23.2 Å². The quantitative estimate of drug-likeness (QED) is 0.175. The van der Waals surface area contributed by atoms with E-state index < -0.39 is 0 Å². The molecule has 2 bridgehead atoms. The van der Waals surface area contributed by atoms with Gasteiger partial charge in [0.25, 0.3) is 5.91 Å². The predicted molar refractivity (Wildman–Crippen MR) is 173 cm³/mol. The Morgan fingerprint density at radius 3 is 2.51 bits per heavy atom.